The number of anilines is 1. The monoisotopic (exact) mass is 570 g/mol. The summed E-state index contributed by atoms with van der Waals surface area (Å²) in [5.74, 6) is -4.60. The Labute approximate surface area is 220 Å². The third-order valence-electron chi connectivity index (χ3n) is 5.54. The highest BCUT2D eigenvalue weighted by atomic mass is 19.4. The summed E-state index contributed by atoms with van der Waals surface area (Å²) < 4.78 is 104. The maximum absolute atomic E-state index is 15.1. The van der Waals surface area contributed by atoms with Crippen molar-refractivity contribution in [2.24, 2.45) is 7.05 Å². The van der Waals surface area contributed by atoms with Crippen molar-refractivity contribution >= 4 is 11.6 Å². The van der Waals surface area contributed by atoms with E-state index in [4.69, 9.17) is 4.74 Å². The fraction of sp³-hybridized carbons (Fsp3) is 0.160. The number of carbonyl (C=O) groups excluding carboxylic acids is 1. The first-order valence-corrected chi connectivity index (χ1v) is 11.1. The lowest BCUT2D eigenvalue weighted by Gasteiger charge is -2.13. The predicted molar refractivity (Wildman–Crippen MR) is 127 cm³/mol. The molecule has 0 atom stereocenters. The first-order valence-electron chi connectivity index (χ1n) is 11.1. The van der Waals surface area contributed by atoms with Crippen LogP contribution in [0.2, 0.25) is 0 Å². The van der Waals surface area contributed by atoms with Crippen molar-refractivity contribution in [1.29, 1.82) is 0 Å². The minimum atomic E-state index is -4.98. The molecular formula is C25H17F7N4O4. The van der Waals surface area contributed by atoms with Gasteiger partial charge in [0.05, 0.1) is 12.7 Å². The van der Waals surface area contributed by atoms with Gasteiger partial charge < -0.3 is 14.8 Å². The number of hydrogen-bond donors (Lipinski definition) is 1. The first kappa shape index (κ1) is 28.2. The number of alkyl halides is 5. The fourth-order valence-corrected chi connectivity index (χ4v) is 3.83. The van der Waals surface area contributed by atoms with Crippen LogP contribution in [-0.4, -0.2) is 33.7 Å². The van der Waals surface area contributed by atoms with Crippen LogP contribution in [0.4, 0.5) is 36.4 Å². The number of hydrogen-bond acceptors (Lipinski definition) is 5. The van der Waals surface area contributed by atoms with Crippen LogP contribution in [0.15, 0.2) is 59.4 Å². The Morgan fingerprint density at radius 1 is 1.00 bits per heavy atom. The molecule has 4 rings (SSSR count). The van der Waals surface area contributed by atoms with Crippen LogP contribution in [0.25, 0.3) is 17.1 Å². The van der Waals surface area contributed by atoms with Gasteiger partial charge in [0.2, 0.25) is 0 Å². The molecule has 1 amide bonds. The largest absolute Gasteiger partial charge is 0.573 e. The van der Waals surface area contributed by atoms with Crippen LogP contribution in [-0.2, 0) is 7.05 Å². The Morgan fingerprint density at radius 3 is 2.17 bits per heavy atom. The maximum Gasteiger partial charge on any atom is 0.573 e. The standard InChI is InChI=1S/C25H17F7N4O4/c1-35-21(19-15(26)10-14(39-2)11-16(19)27)20(24(38)36(35)18-5-3-4-17(33-18)22(28)29)34-23(37)12-6-8-13(9-7-12)40-25(30,31)32/h3-11,22H,1-2H3,(H,34,37). The van der Waals surface area contributed by atoms with Gasteiger partial charge in [-0.1, -0.05) is 6.07 Å². The lowest BCUT2D eigenvalue weighted by atomic mass is 10.1. The molecule has 8 nitrogen and oxygen atoms in total. The molecule has 1 N–H and O–H groups in total. The molecule has 0 saturated heterocycles. The summed E-state index contributed by atoms with van der Waals surface area (Å²) in [6.45, 7) is 0. The highest BCUT2D eigenvalue weighted by Crippen LogP contribution is 2.34. The number of halogens is 7. The van der Waals surface area contributed by atoms with Crippen molar-refractivity contribution in [1.82, 2.24) is 14.3 Å². The zero-order chi connectivity index (χ0) is 29.4. The third kappa shape index (κ3) is 5.62. The Bertz CT molecular complexity index is 1610. The van der Waals surface area contributed by atoms with E-state index in [1.807, 2.05) is 0 Å². The fourth-order valence-electron chi connectivity index (χ4n) is 3.83. The van der Waals surface area contributed by atoms with Gasteiger partial charge in [-0.3, -0.25) is 14.3 Å². The number of amides is 1. The van der Waals surface area contributed by atoms with E-state index in [9.17, 15) is 31.5 Å². The zero-order valence-corrected chi connectivity index (χ0v) is 20.4. The highest BCUT2D eigenvalue weighted by molar-refractivity contribution is 6.06. The number of nitrogens with one attached hydrogen (secondary N) is 1. The van der Waals surface area contributed by atoms with Crippen molar-refractivity contribution in [2.75, 3.05) is 12.4 Å². The summed E-state index contributed by atoms with van der Waals surface area (Å²) >= 11 is 0. The summed E-state index contributed by atoms with van der Waals surface area (Å²) in [5.41, 5.74) is -3.98. The van der Waals surface area contributed by atoms with Crippen molar-refractivity contribution in [3.05, 3.63) is 87.8 Å². The van der Waals surface area contributed by atoms with Gasteiger partial charge in [0.25, 0.3) is 17.9 Å². The molecular weight excluding hydrogens is 553 g/mol. The van der Waals surface area contributed by atoms with Crippen molar-refractivity contribution in [3.8, 4) is 28.6 Å². The van der Waals surface area contributed by atoms with Crippen LogP contribution >= 0.6 is 0 Å². The summed E-state index contributed by atoms with van der Waals surface area (Å²) in [4.78, 5) is 30.2. The van der Waals surface area contributed by atoms with E-state index in [-0.39, 0.29) is 17.1 Å². The van der Waals surface area contributed by atoms with E-state index in [2.05, 4.69) is 15.0 Å². The third-order valence-corrected chi connectivity index (χ3v) is 5.54. The number of benzene rings is 2. The second kappa shape index (κ2) is 10.7. The van der Waals surface area contributed by atoms with Gasteiger partial charge in [-0.2, -0.15) is 4.68 Å². The van der Waals surface area contributed by atoms with Gasteiger partial charge in [-0.15, -0.1) is 13.2 Å². The number of nitrogens with zero attached hydrogens (tertiary/aromatic N) is 3. The zero-order valence-electron chi connectivity index (χ0n) is 20.4. The Morgan fingerprint density at radius 2 is 1.62 bits per heavy atom. The van der Waals surface area contributed by atoms with E-state index < -0.39 is 64.3 Å². The second-order valence-corrected chi connectivity index (χ2v) is 8.08. The molecule has 0 aliphatic rings. The Kier molecular flexibility index (Phi) is 7.57. The second-order valence-electron chi connectivity index (χ2n) is 8.08. The number of ether oxygens (including phenoxy) is 2. The van der Waals surface area contributed by atoms with Crippen LogP contribution in [0.5, 0.6) is 11.5 Å². The summed E-state index contributed by atoms with van der Waals surface area (Å²) in [5, 5.41) is 2.22. The predicted octanol–water partition coefficient (Wildman–Crippen LogP) is 5.61. The highest BCUT2D eigenvalue weighted by Gasteiger charge is 2.31. The van der Waals surface area contributed by atoms with E-state index >= 15 is 8.78 Å². The van der Waals surface area contributed by atoms with Gasteiger partial charge in [-0.05, 0) is 36.4 Å². The van der Waals surface area contributed by atoms with E-state index in [0.717, 1.165) is 47.1 Å². The van der Waals surface area contributed by atoms with E-state index in [1.54, 1.807) is 0 Å². The van der Waals surface area contributed by atoms with Crippen LogP contribution < -0.4 is 20.3 Å². The lowest BCUT2D eigenvalue weighted by Crippen LogP contribution is -2.24. The molecule has 0 radical (unpaired) electrons. The van der Waals surface area contributed by atoms with E-state index in [1.165, 1.54) is 26.3 Å². The van der Waals surface area contributed by atoms with Crippen LogP contribution in [0.1, 0.15) is 22.5 Å². The van der Waals surface area contributed by atoms with Crippen molar-refractivity contribution < 1.29 is 45.0 Å². The van der Waals surface area contributed by atoms with E-state index in [0.29, 0.717) is 4.68 Å². The van der Waals surface area contributed by atoms with Crippen molar-refractivity contribution in [3.63, 3.8) is 0 Å². The average molecular weight is 570 g/mol. The summed E-state index contributed by atoms with van der Waals surface area (Å²) in [6, 6.07) is 8.61. The minimum Gasteiger partial charge on any atom is -0.497 e. The van der Waals surface area contributed by atoms with Gasteiger partial charge >= 0.3 is 6.36 Å². The summed E-state index contributed by atoms with van der Waals surface area (Å²) in [7, 11) is 2.34. The molecule has 2 heterocycles. The number of pyridine rings is 1. The maximum atomic E-state index is 15.1. The number of carbonyl (C=O) groups is 1. The SMILES string of the molecule is COc1cc(F)c(-c2c(NC(=O)c3ccc(OC(F)(F)F)cc3)c(=O)n(-c3cccc(C(F)F)n3)n2C)c(F)c1. The van der Waals surface area contributed by atoms with Crippen LogP contribution in [0, 0.1) is 11.6 Å². The number of methoxy groups -OCH3 is 1. The van der Waals surface area contributed by atoms with Gasteiger partial charge in [0.1, 0.15) is 40.2 Å². The topological polar surface area (TPSA) is 87.4 Å². The van der Waals surface area contributed by atoms with Crippen molar-refractivity contribution in [2.45, 2.75) is 12.8 Å². The molecule has 0 spiro atoms. The smallest absolute Gasteiger partial charge is 0.497 e. The molecule has 0 bridgehead atoms. The minimum absolute atomic E-state index is 0.193. The molecule has 2 aromatic carbocycles. The molecule has 0 fully saturated rings. The average Bonchev–Trinajstić information content (AvgIpc) is 3.12. The van der Waals surface area contributed by atoms with Gasteiger partial charge in [0, 0.05) is 24.7 Å². The summed E-state index contributed by atoms with van der Waals surface area (Å²) in [6.07, 6.45) is -7.98. The number of aromatic nitrogens is 3. The normalized spacial score (nSPS) is 11.6. The molecule has 40 heavy (non-hydrogen) atoms. The molecule has 210 valence electrons. The molecule has 15 heteroatoms. The molecule has 0 saturated carbocycles. The lowest BCUT2D eigenvalue weighted by molar-refractivity contribution is -0.274. The molecule has 0 aliphatic carbocycles. The molecule has 0 aliphatic heterocycles. The Hall–Kier alpha value is -4.82. The molecule has 4 aromatic rings. The molecule has 2 aromatic heterocycles. The first-order chi connectivity index (χ1) is 18.8. The van der Waals surface area contributed by atoms with Gasteiger partial charge in [0.15, 0.2) is 5.82 Å². The van der Waals surface area contributed by atoms with Gasteiger partial charge in [-0.25, -0.2) is 22.5 Å². The Balaban J connectivity index is 1.87. The van der Waals surface area contributed by atoms with Crippen LogP contribution in [0.3, 0.4) is 0 Å². The number of rotatable bonds is 7. The quantitative estimate of drug-likeness (QED) is 0.292. The molecule has 0 unspecified atom stereocenters.